The van der Waals surface area contributed by atoms with Crippen LogP contribution in [0.5, 0.6) is 0 Å². The standard InChI is InChI=1S/C15H20N2O2/c1-4-7-14-16-12-8-5-6-9-13(12)17(14)10-15(18)19-11(2)3/h5-6,8-9,11H,4,7,10H2,1-3H3. The molecule has 0 aliphatic heterocycles. The lowest BCUT2D eigenvalue weighted by atomic mass is 10.3. The van der Waals surface area contributed by atoms with Gasteiger partial charge in [0.25, 0.3) is 0 Å². The van der Waals surface area contributed by atoms with Crippen LogP contribution in [-0.4, -0.2) is 21.6 Å². The van der Waals surface area contributed by atoms with Gasteiger partial charge in [-0.05, 0) is 32.4 Å². The number of carbonyl (C=O) groups excluding carboxylic acids is 1. The van der Waals surface area contributed by atoms with Crippen molar-refractivity contribution >= 4 is 17.0 Å². The smallest absolute Gasteiger partial charge is 0.326 e. The molecule has 2 rings (SSSR count). The Hall–Kier alpha value is -1.84. The van der Waals surface area contributed by atoms with Crippen LogP contribution in [0.4, 0.5) is 0 Å². The van der Waals surface area contributed by atoms with Gasteiger partial charge < -0.3 is 9.30 Å². The van der Waals surface area contributed by atoms with Gasteiger partial charge in [-0.1, -0.05) is 19.1 Å². The average molecular weight is 260 g/mol. The van der Waals surface area contributed by atoms with Crippen molar-refractivity contribution in [1.29, 1.82) is 0 Å². The molecule has 1 aromatic carbocycles. The molecule has 4 heteroatoms. The molecule has 1 heterocycles. The summed E-state index contributed by atoms with van der Waals surface area (Å²) in [4.78, 5) is 16.4. The van der Waals surface area contributed by atoms with E-state index < -0.39 is 0 Å². The van der Waals surface area contributed by atoms with Crippen LogP contribution in [0, 0.1) is 0 Å². The van der Waals surface area contributed by atoms with E-state index in [4.69, 9.17) is 4.74 Å². The largest absolute Gasteiger partial charge is 0.462 e. The van der Waals surface area contributed by atoms with Crippen LogP contribution in [-0.2, 0) is 22.5 Å². The summed E-state index contributed by atoms with van der Waals surface area (Å²) in [7, 11) is 0. The van der Waals surface area contributed by atoms with Crippen LogP contribution in [0.2, 0.25) is 0 Å². The van der Waals surface area contributed by atoms with Crippen molar-refractivity contribution < 1.29 is 9.53 Å². The Bertz CT molecular complexity index is 573. The summed E-state index contributed by atoms with van der Waals surface area (Å²) in [6.07, 6.45) is 1.78. The van der Waals surface area contributed by atoms with Crippen LogP contribution in [0.25, 0.3) is 11.0 Å². The number of ether oxygens (including phenoxy) is 1. The summed E-state index contributed by atoms with van der Waals surface area (Å²) < 4.78 is 7.18. The third kappa shape index (κ3) is 3.13. The quantitative estimate of drug-likeness (QED) is 0.776. The number of imidazole rings is 1. The lowest BCUT2D eigenvalue weighted by Crippen LogP contribution is -2.18. The molecule has 19 heavy (non-hydrogen) atoms. The summed E-state index contributed by atoms with van der Waals surface area (Å²) in [6, 6.07) is 7.88. The molecule has 0 spiro atoms. The van der Waals surface area contributed by atoms with E-state index in [-0.39, 0.29) is 18.6 Å². The van der Waals surface area contributed by atoms with Gasteiger partial charge >= 0.3 is 5.97 Å². The molecule has 0 saturated carbocycles. The second kappa shape index (κ2) is 5.87. The van der Waals surface area contributed by atoms with Crippen molar-refractivity contribution in [3.63, 3.8) is 0 Å². The zero-order valence-electron chi connectivity index (χ0n) is 11.7. The molecule has 0 aliphatic rings. The van der Waals surface area contributed by atoms with Crippen molar-refractivity contribution in [3.05, 3.63) is 30.1 Å². The second-order valence-corrected chi connectivity index (χ2v) is 4.89. The minimum Gasteiger partial charge on any atom is -0.462 e. The fourth-order valence-electron chi connectivity index (χ4n) is 2.15. The normalized spacial score (nSPS) is 11.2. The Kier molecular flexibility index (Phi) is 4.20. The highest BCUT2D eigenvalue weighted by Gasteiger charge is 2.14. The van der Waals surface area contributed by atoms with Gasteiger partial charge in [-0.15, -0.1) is 0 Å². The second-order valence-electron chi connectivity index (χ2n) is 4.89. The van der Waals surface area contributed by atoms with E-state index in [2.05, 4.69) is 11.9 Å². The fraction of sp³-hybridized carbons (Fsp3) is 0.467. The fourth-order valence-corrected chi connectivity index (χ4v) is 2.15. The SMILES string of the molecule is CCCc1nc2ccccc2n1CC(=O)OC(C)C. The van der Waals surface area contributed by atoms with Gasteiger partial charge in [0, 0.05) is 6.42 Å². The zero-order chi connectivity index (χ0) is 13.8. The number of hydrogen-bond donors (Lipinski definition) is 0. The van der Waals surface area contributed by atoms with Crippen LogP contribution >= 0.6 is 0 Å². The molecule has 0 amide bonds. The third-order valence-corrected chi connectivity index (χ3v) is 2.86. The van der Waals surface area contributed by atoms with Gasteiger partial charge in [0.05, 0.1) is 17.1 Å². The topological polar surface area (TPSA) is 44.1 Å². The zero-order valence-corrected chi connectivity index (χ0v) is 11.7. The van der Waals surface area contributed by atoms with E-state index in [0.717, 1.165) is 29.7 Å². The molecule has 0 fully saturated rings. The summed E-state index contributed by atoms with van der Waals surface area (Å²) >= 11 is 0. The Labute approximate surface area is 113 Å². The van der Waals surface area contributed by atoms with Crippen molar-refractivity contribution in [3.8, 4) is 0 Å². The molecular formula is C15H20N2O2. The molecule has 0 unspecified atom stereocenters. The Morgan fingerprint density at radius 2 is 2.11 bits per heavy atom. The van der Waals surface area contributed by atoms with E-state index in [1.54, 1.807) is 0 Å². The van der Waals surface area contributed by atoms with Gasteiger partial charge in [0.1, 0.15) is 12.4 Å². The van der Waals surface area contributed by atoms with Gasteiger partial charge in [-0.2, -0.15) is 0 Å². The molecule has 1 aromatic heterocycles. The molecular weight excluding hydrogens is 240 g/mol. The Morgan fingerprint density at radius 1 is 1.37 bits per heavy atom. The number of rotatable bonds is 5. The summed E-state index contributed by atoms with van der Waals surface area (Å²) in [5.74, 6) is 0.736. The third-order valence-electron chi connectivity index (χ3n) is 2.86. The number of carbonyl (C=O) groups is 1. The maximum absolute atomic E-state index is 11.9. The maximum atomic E-state index is 11.9. The lowest BCUT2D eigenvalue weighted by Gasteiger charge is -2.11. The average Bonchev–Trinajstić information content (AvgIpc) is 2.67. The first-order valence-corrected chi connectivity index (χ1v) is 6.75. The lowest BCUT2D eigenvalue weighted by molar-refractivity contribution is -0.148. The number of aryl methyl sites for hydroxylation is 1. The minimum absolute atomic E-state index is 0.0862. The first kappa shape index (κ1) is 13.6. The number of aromatic nitrogens is 2. The van der Waals surface area contributed by atoms with E-state index in [1.807, 2.05) is 42.7 Å². The molecule has 0 aliphatic carbocycles. The minimum atomic E-state index is -0.212. The van der Waals surface area contributed by atoms with E-state index in [0.29, 0.717) is 0 Å². The van der Waals surface area contributed by atoms with Crippen LogP contribution in [0.1, 0.15) is 33.0 Å². The highest BCUT2D eigenvalue weighted by atomic mass is 16.5. The van der Waals surface area contributed by atoms with E-state index in [9.17, 15) is 4.79 Å². The predicted molar refractivity (Wildman–Crippen MR) is 75.0 cm³/mol. The van der Waals surface area contributed by atoms with E-state index >= 15 is 0 Å². The van der Waals surface area contributed by atoms with Crippen molar-refractivity contribution in [1.82, 2.24) is 9.55 Å². The van der Waals surface area contributed by atoms with Gasteiger partial charge in [-0.3, -0.25) is 4.79 Å². The first-order valence-electron chi connectivity index (χ1n) is 6.75. The predicted octanol–water partition coefficient (Wildman–Crippen LogP) is 2.94. The van der Waals surface area contributed by atoms with Gasteiger partial charge in [0.2, 0.25) is 0 Å². The number of esters is 1. The number of fused-ring (bicyclic) bond motifs is 1. The molecule has 0 atom stereocenters. The van der Waals surface area contributed by atoms with Crippen molar-refractivity contribution in [2.45, 2.75) is 46.3 Å². The highest BCUT2D eigenvalue weighted by molar-refractivity contribution is 5.79. The summed E-state index contributed by atoms with van der Waals surface area (Å²) in [5, 5.41) is 0. The van der Waals surface area contributed by atoms with Crippen molar-refractivity contribution in [2.75, 3.05) is 0 Å². The summed E-state index contributed by atoms with van der Waals surface area (Å²) in [6.45, 7) is 6.05. The molecule has 0 bridgehead atoms. The highest BCUT2D eigenvalue weighted by Crippen LogP contribution is 2.17. The molecule has 102 valence electrons. The molecule has 4 nitrogen and oxygen atoms in total. The Morgan fingerprint density at radius 3 is 2.79 bits per heavy atom. The Balaban J connectivity index is 2.33. The first-order chi connectivity index (χ1) is 9.11. The molecule has 0 N–H and O–H groups in total. The molecule has 0 radical (unpaired) electrons. The van der Waals surface area contributed by atoms with Crippen LogP contribution < -0.4 is 0 Å². The number of benzene rings is 1. The number of para-hydroxylation sites is 2. The van der Waals surface area contributed by atoms with Crippen molar-refractivity contribution in [2.24, 2.45) is 0 Å². The van der Waals surface area contributed by atoms with Gasteiger partial charge in [-0.25, -0.2) is 4.98 Å². The van der Waals surface area contributed by atoms with Crippen LogP contribution in [0.3, 0.4) is 0 Å². The van der Waals surface area contributed by atoms with Crippen LogP contribution in [0.15, 0.2) is 24.3 Å². The maximum Gasteiger partial charge on any atom is 0.326 e. The monoisotopic (exact) mass is 260 g/mol. The number of nitrogens with zero attached hydrogens (tertiary/aromatic N) is 2. The molecule has 0 saturated heterocycles. The van der Waals surface area contributed by atoms with E-state index in [1.165, 1.54) is 0 Å². The summed E-state index contributed by atoms with van der Waals surface area (Å²) in [5.41, 5.74) is 1.93. The molecule has 2 aromatic rings. The van der Waals surface area contributed by atoms with Gasteiger partial charge in [0.15, 0.2) is 0 Å². The number of hydrogen-bond acceptors (Lipinski definition) is 3.